The predicted molar refractivity (Wildman–Crippen MR) is 53.1 cm³/mol. The zero-order valence-corrected chi connectivity index (χ0v) is 9.02. The van der Waals surface area contributed by atoms with Gasteiger partial charge in [0, 0.05) is 12.5 Å². The van der Waals surface area contributed by atoms with Crippen LogP contribution in [0.1, 0.15) is 24.7 Å². The molecule has 2 N–H and O–H groups in total. The number of rotatable bonds is 3. The molecule has 0 bridgehead atoms. The first kappa shape index (κ1) is 9.81. The third kappa shape index (κ3) is 2.64. The molecule has 0 amide bonds. The number of nitrogens with two attached hydrogens (primary N) is 1. The molecule has 1 atom stereocenters. The normalized spacial score (nSPS) is 13.3. The Bertz CT molecular complexity index is 255. The van der Waals surface area contributed by atoms with E-state index in [1.807, 2.05) is 19.9 Å². The summed E-state index contributed by atoms with van der Waals surface area (Å²) in [6.45, 7) is 4.05. The summed E-state index contributed by atoms with van der Waals surface area (Å²) in [5.74, 6) is 1.04. The highest BCUT2D eigenvalue weighted by Gasteiger charge is 2.06. The summed E-state index contributed by atoms with van der Waals surface area (Å²) in [6.07, 6.45) is 1.90. The summed E-state index contributed by atoms with van der Waals surface area (Å²) in [4.78, 5) is 0. The number of furan rings is 1. The van der Waals surface area contributed by atoms with E-state index >= 15 is 0 Å². The lowest BCUT2D eigenvalue weighted by atomic mass is 10.1. The molecule has 0 spiro atoms. The maximum Gasteiger partial charge on any atom is 0.169 e. The lowest BCUT2D eigenvalue weighted by Crippen LogP contribution is -2.15. The van der Waals surface area contributed by atoms with Crippen LogP contribution in [0, 0.1) is 6.92 Å². The molecular formula is C9H14BrNO. The minimum Gasteiger partial charge on any atom is -0.454 e. The Morgan fingerprint density at radius 1 is 1.67 bits per heavy atom. The van der Waals surface area contributed by atoms with Crippen molar-refractivity contribution < 1.29 is 4.42 Å². The second kappa shape index (κ2) is 4.10. The Hall–Kier alpha value is -0.280. The first-order valence-corrected chi connectivity index (χ1v) is 4.89. The Labute approximate surface area is 81.3 Å². The van der Waals surface area contributed by atoms with E-state index in [-0.39, 0.29) is 6.04 Å². The van der Waals surface area contributed by atoms with Gasteiger partial charge in [0.25, 0.3) is 0 Å². The molecule has 0 radical (unpaired) electrons. The van der Waals surface area contributed by atoms with Gasteiger partial charge in [-0.2, -0.15) is 0 Å². The number of hydrogen-bond donors (Lipinski definition) is 1. The molecule has 0 aliphatic rings. The summed E-state index contributed by atoms with van der Waals surface area (Å²) in [5, 5.41) is 0. The molecule has 68 valence electrons. The average molecular weight is 232 g/mol. The van der Waals surface area contributed by atoms with Crippen molar-refractivity contribution in [2.45, 2.75) is 32.7 Å². The molecule has 0 aliphatic carbocycles. The average Bonchev–Trinajstić information content (AvgIpc) is 2.26. The Balaban J connectivity index is 2.57. The molecule has 3 heteroatoms. The SMILES string of the molecule is Cc1cc(Br)oc1CCC(C)N. The fourth-order valence-electron chi connectivity index (χ4n) is 1.09. The first-order chi connectivity index (χ1) is 5.59. The monoisotopic (exact) mass is 231 g/mol. The zero-order valence-electron chi connectivity index (χ0n) is 7.43. The Morgan fingerprint density at radius 2 is 2.33 bits per heavy atom. The molecule has 1 rings (SSSR count). The van der Waals surface area contributed by atoms with E-state index in [0.29, 0.717) is 0 Å². The molecule has 2 nitrogen and oxygen atoms in total. The van der Waals surface area contributed by atoms with Crippen molar-refractivity contribution in [3.8, 4) is 0 Å². The van der Waals surface area contributed by atoms with Crippen LogP contribution in [0.3, 0.4) is 0 Å². The summed E-state index contributed by atoms with van der Waals surface area (Å²) in [7, 11) is 0. The van der Waals surface area contributed by atoms with Gasteiger partial charge >= 0.3 is 0 Å². The molecule has 1 aromatic heterocycles. The van der Waals surface area contributed by atoms with Gasteiger partial charge in [0.15, 0.2) is 4.67 Å². The van der Waals surface area contributed by atoms with Crippen molar-refractivity contribution in [3.05, 3.63) is 22.1 Å². The van der Waals surface area contributed by atoms with Gasteiger partial charge in [0.05, 0.1) is 0 Å². The van der Waals surface area contributed by atoms with Crippen molar-refractivity contribution in [3.63, 3.8) is 0 Å². The van der Waals surface area contributed by atoms with E-state index < -0.39 is 0 Å². The van der Waals surface area contributed by atoms with Gasteiger partial charge in [0.1, 0.15) is 5.76 Å². The van der Waals surface area contributed by atoms with Crippen molar-refractivity contribution in [1.29, 1.82) is 0 Å². The minimum atomic E-state index is 0.244. The summed E-state index contributed by atoms with van der Waals surface area (Å²) >= 11 is 3.29. The maximum absolute atomic E-state index is 5.64. The topological polar surface area (TPSA) is 39.2 Å². The van der Waals surface area contributed by atoms with Crippen molar-refractivity contribution >= 4 is 15.9 Å². The zero-order chi connectivity index (χ0) is 9.14. The summed E-state index contributed by atoms with van der Waals surface area (Å²) < 4.78 is 6.23. The molecule has 12 heavy (non-hydrogen) atoms. The van der Waals surface area contributed by atoms with E-state index in [2.05, 4.69) is 15.9 Å². The third-order valence-corrected chi connectivity index (χ3v) is 2.21. The van der Waals surface area contributed by atoms with Gasteiger partial charge in [-0.1, -0.05) is 0 Å². The van der Waals surface area contributed by atoms with Crippen molar-refractivity contribution in [2.24, 2.45) is 5.73 Å². The van der Waals surface area contributed by atoms with Crippen LogP contribution in [0.15, 0.2) is 15.2 Å². The van der Waals surface area contributed by atoms with Crippen molar-refractivity contribution in [1.82, 2.24) is 0 Å². The van der Waals surface area contributed by atoms with Crippen LogP contribution in [0.4, 0.5) is 0 Å². The van der Waals surface area contributed by atoms with E-state index in [1.165, 1.54) is 5.56 Å². The Kier molecular flexibility index (Phi) is 3.35. The highest BCUT2D eigenvalue weighted by atomic mass is 79.9. The second-order valence-corrected chi connectivity index (χ2v) is 3.95. The number of aryl methyl sites for hydroxylation is 2. The van der Waals surface area contributed by atoms with E-state index in [4.69, 9.17) is 10.2 Å². The molecular weight excluding hydrogens is 218 g/mol. The Morgan fingerprint density at radius 3 is 2.75 bits per heavy atom. The predicted octanol–water partition coefficient (Wildman–Crippen LogP) is 2.63. The van der Waals surface area contributed by atoms with Crippen molar-refractivity contribution in [2.75, 3.05) is 0 Å². The molecule has 1 aromatic rings. The van der Waals surface area contributed by atoms with Crippen LogP contribution in [0.2, 0.25) is 0 Å². The van der Waals surface area contributed by atoms with Crippen LogP contribution in [-0.2, 0) is 6.42 Å². The van der Waals surface area contributed by atoms with E-state index in [9.17, 15) is 0 Å². The van der Waals surface area contributed by atoms with Crippen LogP contribution >= 0.6 is 15.9 Å². The van der Waals surface area contributed by atoms with E-state index in [0.717, 1.165) is 23.3 Å². The molecule has 0 saturated carbocycles. The van der Waals surface area contributed by atoms with Gasteiger partial charge < -0.3 is 10.2 Å². The quantitative estimate of drug-likeness (QED) is 0.869. The maximum atomic E-state index is 5.64. The smallest absolute Gasteiger partial charge is 0.169 e. The van der Waals surface area contributed by atoms with Crippen LogP contribution in [0.5, 0.6) is 0 Å². The van der Waals surface area contributed by atoms with Gasteiger partial charge in [0.2, 0.25) is 0 Å². The molecule has 0 aliphatic heterocycles. The standard InChI is InChI=1S/C9H14BrNO/c1-6-5-9(10)12-8(6)4-3-7(2)11/h5,7H,3-4,11H2,1-2H3. The molecule has 0 saturated heterocycles. The van der Waals surface area contributed by atoms with Crippen LogP contribution in [-0.4, -0.2) is 6.04 Å². The fourth-order valence-corrected chi connectivity index (χ4v) is 1.62. The fraction of sp³-hybridized carbons (Fsp3) is 0.556. The largest absolute Gasteiger partial charge is 0.454 e. The summed E-state index contributed by atoms with van der Waals surface area (Å²) in [6, 6.07) is 2.23. The highest BCUT2D eigenvalue weighted by molar-refractivity contribution is 9.10. The van der Waals surface area contributed by atoms with Crippen LogP contribution < -0.4 is 5.73 Å². The third-order valence-electron chi connectivity index (χ3n) is 1.82. The molecule has 0 aromatic carbocycles. The van der Waals surface area contributed by atoms with Crippen LogP contribution in [0.25, 0.3) is 0 Å². The van der Waals surface area contributed by atoms with Gasteiger partial charge in [-0.25, -0.2) is 0 Å². The first-order valence-electron chi connectivity index (χ1n) is 4.10. The van der Waals surface area contributed by atoms with E-state index in [1.54, 1.807) is 0 Å². The lowest BCUT2D eigenvalue weighted by Gasteiger charge is -2.02. The molecule has 1 heterocycles. The summed E-state index contributed by atoms with van der Waals surface area (Å²) in [5.41, 5.74) is 6.84. The van der Waals surface area contributed by atoms with Gasteiger partial charge in [-0.3, -0.25) is 0 Å². The molecule has 0 fully saturated rings. The second-order valence-electron chi connectivity index (χ2n) is 3.17. The highest BCUT2D eigenvalue weighted by Crippen LogP contribution is 2.20. The number of halogens is 1. The lowest BCUT2D eigenvalue weighted by molar-refractivity contribution is 0.470. The number of hydrogen-bond acceptors (Lipinski definition) is 2. The van der Waals surface area contributed by atoms with Gasteiger partial charge in [-0.15, -0.1) is 0 Å². The minimum absolute atomic E-state index is 0.244. The molecule has 1 unspecified atom stereocenters. The van der Waals surface area contributed by atoms with Gasteiger partial charge in [-0.05, 0) is 47.8 Å².